The lowest BCUT2D eigenvalue weighted by atomic mass is 9.87. The molecule has 2 bridgehead atoms. The molecule has 18 heavy (non-hydrogen) atoms. The molecule has 0 amide bonds. The van der Waals surface area contributed by atoms with Crippen LogP contribution >= 0.6 is 0 Å². The summed E-state index contributed by atoms with van der Waals surface area (Å²) in [7, 11) is 0. The SMILES string of the molecule is CCNC1CCN(CC2CC3CCC2C3)CC1C. The van der Waals surface area contributed by atoms with Crippen molar-refractivity contribution >= 4 is 0 Å². The molecule has 1 saturated heterocycles. The second-order valence-corrected chi connectivity index (χ2v) is 7.12. The zero-order chi connectivity index (χ0) is 12.5. The molecule has 0 spiro atoms. The molecule has 2 nitrogen and oxygen atoms in total. The van der Waals surface area contributed by atoms with Gasteiger partial charge in [-0.15, -0.1) is 0 Å². The number of likely N-dealkylation sites (tertiary alicyclic amines) is 1. The van der Waals surface area contributed by atoms with Crippen LogP contribution in [0.15, 0.2) is 0 Å². The van der Waals surface area contributed by atoms with Crippen molar-refractivity contribution in [2.24, 2.45) is 23.7 Å². The standard InChI is InChI=1S/C16H30N2/c1-3-17-16-6-7-18(10-12(16)2)11-15-9-13-4-5-14(15)8-13/h12-17H,3-11H2,1-2H3. The average molecular weight is 250 g/mol. The Morgan fingerprint density at radius 1 is 1.17 bits per heavy atom. The quantitative estimate of drug-likeness (QED) is 0.825. The van der Waals surface area contributed by atoms with E-state index in [0.29, 0.717) is 0 Å². The Bertz CT molecular complexity index is 278. The van der Waals surface area contributed by atoms with Crippen molar-refractivity contribution in [2.75, 3.05) is 26.2 Å². The highest BCUT2D eigenvalue weighted by Crippen LogP contribution is 2.48. The fraction of sp³-hybridized carbons (Fsp3) is 1.00. The van der Waals surface area contributed by atoms with Gasteiger partial charge in [-0.3, -0.25) is 0 Å². The van der Waals surface area contributed by atoms with Gasteiger partial charge in [-0.25, -0.2) is 0 Å². The summed E-state index contributed by atoms with van der Waals surface area (Å²) in [4.78, 5) is 2.77. The van der Waals surface area contributed by atoms with E-state index in [1.807, 2.05) is 0 Å². The van der Waals surface area contributed by atoms with Gasteiger partial charge in [-0.1, -0.05) is 20.3 Å². The number of rotatable bonds is 4. The summed E-state index contributed by atoms with van der Waals surface area (Å²) in [5, 5.41) is 3.65. The minimum absolute atomic E-state index is 0.770. The average Bonchev–Trinajstić information content (AvgIpc) is 2.95. The summed E-state index contributed by atoms with van der Waals surface area (Å²) in [5.74, 6) is 4.08. The van der Waals surface area contributed by atoms with E-state index in [2.05, 4.69) is 24.1 Å². The summed E-state index contributed by atoms with van der Waals surface area (Å²) in [6, 6.07) is 0.770. The Balaban J connectivity index is 1.47. The van der Waals surface area contributed by atoms with Crippen molar-refractivity contribution in [1.82, 2.24) is 10.2 Å². The van der Waals surface area contributed by atoms with Crippen LogP contribution in [0, 0.1) is 23.7 Å². The maximum Gasteiger partial charge on any atom is 0.0117 e. The molecule has 3 rings (SSSR count). The fourth-order valence-electron chi connectivity index (χ4n) is 4.89. The Kier molecular flexibility index (Phi) is 3.95. The van der Waals surface area contributed by atoms with E-state index >= 15 is 0 Å². The van der Waals surface area contributed by atoms with Crippen LogP contribution in [0.3, 0.4) is 0 Å². The zero-order valence-electron chi connectivity index (χ0n) is 12.2. The highest BCUT2D eigenvalue weighted by atomic mass is 15.2. The van der Waals surface area contributed by atoms with Gasteiger partial charge in [-0.05, 0) is 62.4 Å². The van der Waals surface area contributed by atoms with Gasteiger partial charge in [-0.2, -0.15) is 0 Å². The number of hydrogen-bond donors (Lipinski definition) is 1. The molecule has 3 fully saturated rings. The normalized spacial score (nSPS) is 44.7. The molecule has 5 unspecified atom stereocenters. The first kappa shape index (κ1) is 12.9. The lowest BCUT2D eigenvalue weighted by Gasteiger charge is -2.39. The molecule has 1 heterocycles. The van der Waals surface area contributed by atoms with Crippen molar-refractivity contribution in [3.05, 3.63) is 0 Å². The maximum atomic E-state index is 3.65. The molecule has 2 saturated carbocycles. The third-order valence-corrected chi connectivity index (χ3v) is 5.83. The molecule has 0 aromatic rings. The van der Waals surface area contributed by atoms with Crippen molar-refractivity contribution in [3.63, 3.8) is 0 Å². The van der Waals surface area contributed by atoms with Crippen LogP contribution in [0.25, 0.3) is 0 Å². The molecular formula is C16H30N2. The number of hydrogen-bond acceptors (Lipinski definition) is 2. The highest BCUT2D eigenvalue weighted by molar-refractivity contribution is 4.92. The van der Waals surface area contributed by atoms with Crippen LogP contribution in [-0.2, 0) is 0 Å². The first-order chi connectivity index (χ1) is 8.76. The summed E-state index contributed by atoms with van der Waals surface area (Å²) in [6.45, 7) is 9.85. The minimum atomic E-state index is 0.770. The van der Waals surface area contributed by atoms with Crippen molar-refractivity contribution in [1.29, 1.82) is 0 Å². The molecule has 0 aromatic heterocycles. The Labute approximate surface area is 113 Å². The Hall–Kier alpha value is -0.0800. The van der Waals surface area contributed by atoms with Gasteiger partial charge in [0.15, 0.2) is 0 Å². The van der Waals surface area contributed by atoms with Gasteiger partial charge >= 0.3 is 0 Å². The van der Waals surface area contributed by atoms with Gasteiger partial charge in [0, 0.05) is 19.1 Å². The molecule has 3 aliphatic rings. The van der Waals surface area contributed by atoms with Gasteiger partial charge in [0.25, 0.3) is 0 Å². The van der Waals surface area contributed by atoms with Crippen LogP contribution in [0.1, 0.15) is 46.0 Å². The van der Waals surface area contributed by atoms with Crippen molar-refractivity contribution in [2.45, 2.75) is 52.0 Å². The monoisotopic (exact) mass is 250 g/mol. The third kappa shape index (κ3) is 2.60. The van der Waals surface area contributed by atoms with Crippen LogP contribution in [0.2, 0.25) is 0 Å². The molecular weight excluding hydrogens is 220 g/mol. The molecule has 1 N–H and O–H groups in total. The van der Waals surface area contributed by atoms with Crippen molar-refractivity contribution in [3.8, 4) is 0 Å². The molecule has 104 valence electrons. The summed E-state index contributed by atoms with van der Waals surface area (Å²) in [6.07, 6.45) is 7.55. The number of nitrogens with one attached hydrogen (secondary N) is 1. The predicted molar refractivity (Wildman–Crippen MR) is 76.6 cm³/mol. The molecule has 2 heteroatoms. The summed E-state index contributed by atoms with van der Waals surface area (Å²) in [5.41, 5.74) is 0. The van der Waals surface area contributed by atoms with Gasteiger partial charge < -0.3 is 10.2 Å². The zero-order valence-corrected chi connectivity index (χ0v) is 12.2. The first-order valence-corrected chi connectivity index (χ1v) is 8.22. The van der Waals surface area contributed by atoms with Crippen LogP contribution in [0.4, 0.5) is 0 Å². The maximum absolute atomic E-state index is 3.65. The Morgan fingerprint density at radius 2 is 2.06 bits per heavy atom. The highest BCUT2D eigenvalue weighted by Gasteiger charge is 2.40. The van der Waals surface area contributed by atoms with Gasteiger partial charge in [0.2, 0.25) is 0 Å². The largest absolute Gasteiger partial charge is 0.314 e. The molecule has 1 aliphatic heterocycles. The second kappa shape index (κ2) is 5.50. The third-order valence-electron chi connectivity index (χ3n) is 5.83. The van der Waals surface area contributed by atoms with E-state index in [1.165, 1.54) is 26.1 Å². The predicted octanol–water partition coefficient (Wildman–Crippen LogP) is 2.74. The molecule has 5 atom stereocenters. The number of piperidine rings is 1. The van der Waals surface area contributed by atoms with E-state index in [0.717, 1.165) is 36.3 Å². The van der Waals surface area contributed by atoms with Crippen molar-refractivity contribution < 1.29 is 0 Å². The molecule has 2 aliphatic carbocycles. The smallest absolute Gasteiger partial charge is 0.0117 e. The van der Waals surface area contributed by atoms with E-state index < -0.39 is 0 Å². The summed E-state index contributed by atoms with van der Waals surface area (Å²) < 4.78 is 0. The van der Waals surface area contributed by atoms with E-state index in [1.54, 1.807) is 25.7 Å². The first-order valence-electron chi connectivity index (χ1n) is 8.22. The van der Waals surface area contributed by atoms with E-state index in [4.69, 9.17) is 0 Å². The lowest BCUT2D eigenvalue weighted by molar-refractivity contribution is 0.114. The van der Waals surface area contributed by atoms with Gasteiger partial charge in [0.1, 0.15) is 0 Å². The lowest BCUT2D eigenvalue weighted by Crippen LogP contribution is -2.49. The van der Waals surface area contributed by atoms with Gasteiger partial charge in [0.05, 0.1) is 0 Å². The number of nitrogens with zero attached hydrogens (tertiary/aromatic N) is 1. The van der Waals surface area contributed by atoms with Crippen LogP contribution in [-0.4, -0.2) is 37.1 Å². The fourth-order valence-corrected chi connectivity index (χ4v) is 4.89. The van der Waals surface area contributed by atoms with Crippen LogP contribution in [0.5, 0.6) is 0 Å². The number of fused-ring (bicyclic) bond motifs is 2. The molecule has 0 radical (unpaired) electrons. The Morgan fingerprint density at radius 3 is 2.67 bits per heavy atom. The topological polar surface area (TPSA) is 15.3 Å². The van der Waals surface area contributed by atoms with E-state index in [9.17, 15) is 0 Å². The summed E-state index contributed by atoms with van der Waals surface area (Å²) >= 11 is 0. The molecule has 0 aromatic carbocycles. The minimum Gasteiger partial charge on any atom is -0.314 e. The second-order valence-electron chi connectivity index (χ2n) is 7.12. The van der Waals surface area contributed by atoms with E-state index in [-0.39, 0.29) is 0 Å². The van der Waals surface area contributed by atoms with Crippen LogP contribution < -0.4 is 5.32 Å².